The molecular weight excluding hydrogens is 77.0 g/mol. The van der Waals surface area contributed by atoms with Crippen LogP contribution in [-0.4, -0.2) is 11.3 Å². The summed E-state index contributed by atoms with van der Waals surface area (Å²) in [5.74, 6) is 0. The van der Waals surface area contributed by atoms with Crippen LogP contribution >= 0.6 is 0 Å². The van der Waals surface area contributed by atoms with Gasteiger partial charge >= 0.3 is 29.6 Å². The Bertz CT molecular complexity index is 18.3. The van der Waals surface area contributed by atoms with Gasteiger partial charge in [-0.3, -0.25) is 0 Å². The van der Waals surface area contributed by atoms with Crippen LogP contribution in [0.15, 0.2) is 0 Å². The van der Waals surface area contributed by atoms with Gasteiger partial charge < -0.3 is 12.3 Å². The van der Waals surface area contributed by atoms with E-state index >= 15 is 0 Å². The van der Waals surface area contributed by atoms with Gasteiger partial charge in [-0.15, -0.1) is 0 Å². The van der Waals surface area contributed by atoms with Crippen molar-refractivity contribution < 1.29 is 36.1 Å². The van der Waals surface area contributed by atoms with Crippen LogP contribution in [0.2, 0.25) is 0 Å². The third kappa shape index (κ3) is 49.6. The molecule has 0 aromatic heterocycles. The fourth-order valence-corrected chi connectivity index (χ4v) is 0. The van der Waals surface area contributed by atoms with Gasteiger partial charge in [0.2, 0.25) is 0 Å². The largest absolute Gasteiger partial charge is 1.00 e. The van der Waals surface area contributed by atoms with E-state index in [1.54, 1.807) is 0 Å². The van der Waals surface area contributed by atoms with E-state index in [1.807, 2.05) is 0 Å². The van der Waals surface area contributed by atoms with Crippen LogP contribution in [-0.2, 0) is 0 Å². The molecule has 0 heterocycles. The predicted molar refractivity (Wildman–Crippen MR) is 17.0 cm³/mol. The summed E-state index contributed by atoms with van der Waals surface area (Å²) in [6.45, 7) is 1.50. The SMILES string of the molecule is CC(N)O.[H-].[Na+]. The summed E-state index contributed by atoms with van der Waals surface area (Å²) in [4.78, 5) is 0. The van der Waals surface area contributed by atoms with E-state index < -0.39 is 6.23 Å². The van der Waals surface area contributed by atoms with Crippen LogP contribution in [0.1, 0.15) is 8.35 Å². The summed E-state index contributed by atoms with van der Waals surface area (Å²) >= 11 is 0. The number of aliphatic hydroxyl groups excluding tert-OH is 1. The maximum Gasteiger partial charge on any atom is 1.00 e. The molecule has 0 bridgehead atoms. The summed E-state index contributed by atoms with van der Waals surface area (Å²) in [5, 5.41) is 7.83. The number of aliphatic hydroxyl groups is 1. The van der Waals surface area contributed by atoms with Crippen molar-refractivity contribution in [2.45, 2.75) is 13.2 Å². The molecule has 0 rings (SSSR count). The molecule has 3 N–H and O–H groups in total. The first-order chi connectivity index (χ1) is 1.73. The van der Waals surface area contributed by atoms with Gasteiger partial charge in [0.15, 0.2) is 0 Å². The predicted octanol–water partition coefficient (Wildman–Crippen LogP) is -3.60. The van der Waals surface area contributed by atoms with E-state index in [9.17, 15) is 0 Å². The van der Waals surface area contributed by atoms with Gasteiger partial charge in [-0.05, 0) is 6.92 Å². The normalized spacial score (nSPS) is 12.6. The summed E-state index contributed by atoms with van der Waals surface area (Å²) in [6.07, 6.45) is -0.667. The van der Waals surface area contributed by atoms with Crippen molar-refractivity contribution in [3.8, 4) is 0 Å². The maximum absolute atomic E-state index is 7.83. The van der Waals surface area contributed by atoms with Gasteiger partial charge in [-0.25, -0.2) is 0 Å². The third-order valence-corrected chi connectivity index (χ3v) is 0. The Kier molecular flexibility index (Phi) is 9.18. The topological polar surface area (TPSA) is 46.2 Å². The van der Waals surface area contributed by atoms with Crippen molar-refractivity contribution in [2.75, 3.05) is 0 Å². The first-order valence-electron chi connectivity index (χ1n) is 1.17. The van der Waals surface area contributed by atoms with E-state index in [1.165, 1.54) is 6.92 Å². The van der Waals surface area contributed by atoms with Crippen LogP contribution in [0.25, 0.3) is 0 Å². The molecule has 0 saturated carbocycles. The molecule has 0 saturated heterocycles. The van der Waals surface area contributed by atoms with Crippen molar-refractivity contribution in [1.82, 2.24) is 0 Å². The van der Waals surface area contributed by atoms with Crippen molar-refractivity contribution in [3.63, 3.8) is 0 Å². The summed E-state index contributed by atoms with van der Waals surface area (Å²) < 4.78 is 0. The summed E-state index contributed by atoms with van der Waals surface area (Å²) in [7, 11) is 0. The third-order valence-electron chi connectivity index (χ3n) is 0. The molecule has 2 nitrogen and oxygen atoms in total. The molecule has 5 heavy (non-hydrogen) atoms. The molecule has 0 radical (unpaired) electrons. The molecule has 1 atom stereocenters. The molecule has 28 valence electrons. The van der Waals surface area contributed by atoms with Crippen molar-refractivity contribution in [2.24, 2.45) is 5.73 Å². The minimum absolute atomic E-state index is 0. The Hall–Kier alpha value is 0.920. The fraction of sp³-hybridized carbons (Fsp3) is 1.00. The van der Waals surface area contributed by atoms with E-state index in [0.29, 0.717) is 0 Å². The number of hydrogen-bond donors (Lipinski definition) is 2. The first kappa shape index (κ1) is 9.33. The quantitative estimate of drug-likeness (QED) is 0.236. The first-order valence-corrected chi connectivity index (χ1v) is 1.17. The standard InChI is InChI=1S/C2H7NO.Na.H/c1-2(3)4;;/h2,4H,3H2,1H3;;/q;+1;-1. The van der Waals surface area contributed by atoms with Gasteiger partial charge in [0, 0.05) is 0 Å². The fourth-order valence-electron chi connectivity index (χ4n) is 0. The number of nitrogens with two attached hydrogens (primary N) is 1. The molecule has 0 aromatic rings. The zero-order valence-electron chi connectivity index (χ0n) is 4.60. The second kappa shape index (κ2) is 4.92. The van der Waals surface area contributed by atoms with Gasteiger partial charge in [-0.2, -0.15) is 0 Å². The Morgan fingerprint density at radius 1 is 2.00 bits per heavy atom. The van der Waals surface area contributed by atoms with Gasteiger partial charge in [0.1, 0.15) is 0 Å². The van der Waals surface area contributed by atoms with Crippen LogP contribution < -0.4 is 35.3 Å². The minimum atomic E-state index is -0.667. The molecule has 0 aliphatic heterocycles. The van der Waals surface area contributed by atoms with Crippen LogP contribution in [0, 0.1) is 0 Å². The molecule has 0 spiro atoms. The smallest absolute Gasteiger partial charge is 1.00 e. The molecule has 0 aliphatic carbocycles. The van der Waals surface area contributed by atoms with Crippen LogP contribution in [0.4, 0.5) is 0 Å². The number of hydrogen-bond acceptors (Lipinski definition) is 2. The van der Waals surface area contributed by atoms with E-state index in [0.717, 1.165) is 0 Å². The van der Waals surface area contributed by atoms with Crippen LogP contribution in [0.3, 0.4) is 0 Å². The van der Waals surface area contributed by atoms with Gasteiger partial charge in [0.05, 0.1) is 6.23 Å². The molecule has 3 heteroatoms. The average molecular weight is 85.1 g/mol. The average Bonchev–Trinajstić information content (AvgIpc) is 0.811. The second-order valence-corrected chi connectivity index (χ2v) is 0.741. The second-order valence-electron chi connectivity index (χ2n) is 0.741. The van der Waals surface area contributed by atoms with E-state index in [2.05, 4.69) is 5.73 Å². The van der Waals surface area contributed by atoms with Gasteiger partial charge in [0.25, 0.3) is 0 Å². The van der Waals surface area contributed by atoms with Crippen molar-refractivity contribution in [3.05, 3.63) is 0 Å². The van der Waals surface area contributed by atoms with E-state index in [-0.39, 0.29) is 31.0 Å². The molecule has 0 aliphatic rings. The van der Waals surface area contributed by atoms with Crippen LogP contribution in [0.5, 0.6) is 0 Å². The Morgan fingerprint density at radius 2 is 2.00 bits per heavy atom. The Morgan fingerprint density at radius 3 is 2.00 bits per heavy atom. The van der Waals surface area contributed by atoms with Gasteiger partial charge in [-0.1, -0.05) is 0 Å². The zero-order chi connectivity index (χ0) is 3.58. The maximum atomic E-state index is 7.83. The number of rotatable bonds is 0. The molecule has 0 fully saturated rings. The summed E-state index contributed by atoms with van der Waals surface area (Å²) in [5.41, 5.74) is 4.67. The van der Waals surface area contributed by atoms with Crippen molar-refractivity contribution in [1.29, 1.82) is 0 Å². The molecular formula is C2H8NNaO. The Balaban J connectivity index is -0.0000000450. The monoisotopic (exact) mass is 85.1 g/mol. The van der Waals surface area contributed by atoms with E-state index in [4.69, 9.17) is 5.11 Å². The summed E-state index contributed by atoms with van der Waals surface area (Å²) in [6, 6.07) is 0. The molecule has 1 unspecified atom stereocenters. The Labute approximate surface area is 55.1 Å². The zero-order valence-corrected chi connectivity index (χ0v) is 5.60. The molecule has 0 aromatic carbocycles. The molecule has 0 amide bonds. The van der Waals surface area contributed by atoms with Crippen molar-refractivity contribution >= 4 is 0 Å². The minimum Gasteiger partial charge on any atom is -1.00 e.